The molecule has 0 aliphatic rings. The molecular weight excluding hydrogens is 519 g/mol. The fraction of sp³-hybridized carbons (Fsp3) is 0.0690. The maximum absolute atomic E-state index is 13.5. The van der Waals surface area contributed by atoms with E-state index in [1.807, 2.05) is 72.8 Å². The molecule has 0 bridgehead atoms. The number of Topliss-reactive ketones (excluding diaryl/α,β-unsaturated/α-hetero) is 1. The van der Waals surface area contributed by atoms with Gasteiger partial charge in [-0.1, -0.05) is 89.4 Å². The van der Waals surface area contributed by atoms with Crippen molar-refractivity contribution in [2.75, 3.05) is 0 Å². The Labute approximate surface area is 224 Å². The number of ether oxygens (including phenoxy) is 1. The monoisotopic (exact) mass is 538 g/mol. The van der Waals surface area contributed by atoms with Gasteiger partial charge in [0.1, 0.15) is 12.4 Å². The lowest BCUT2D eigenvalue weighted by Gasteiger charge is -2.12. The van der Waals surface area contributed by atoms with Crippen LogP contribution in [0, 0.1) is 0 Å². The first kappa shape index (κ1) is 25.4. The SMILES string of the molecule is O=C(/C(=C\c1ccccc1OCc1ccccc1)SCc1ccc(Cl)c(Cl)c1)c1ccc(Cl)cc1. The second kappa shape index (κ2) is 12.3. The van der Waals surface area contributed by atoms with Crippen LogP contribution in [0.3, 0.4) is 0 Å². The third-order valence-electron chi connectivity index (χ3n) is 5.15. The first-order valence-electron chi connectivity index (χ1n) is 10.8. The summed E-state index contributed by atoms with van der Waals surface area (Å²) in [5.74, 6) is 1.16. The Balaban J connectivity index is 1.63. The van der Waals surface area contributed by atoms with Crippen molar-refractivity contribution in [3.05, 3.63) is 139 Å². The Hall–Kier alpha value is -2.69. The average molecular weight is 540 g/mol. The zero-order valence-corrected chi connectivity index (χ0v) is 21.7. The number of benzene rings is 4. The minimum atomic E-state index is -0.0930. The predicted octanol–water partition coefficient (Wildman–Crippen LogP) is 9.38. The van der Waals surface area contributed by atoms with Crippen LogP contribution in [0.1, 0.15) is 27.0 Å². The maximum Gasteiger partial charge on any atom is 0.199 e. The van der Waals surface area contributed by atoms with Gasteiger partial charge in [-0.3, -0.25) is 4.79 Å². The number of allylic oxidation sites excluding steroid dienone is 1. The van der Waals surface area contributed by atoms with Crippen molar-refractivity contribution < 1.29 is 9.53 Å². The number of thioether (sulfide) groups is 1. The number of rotatable bonds is 9. The Morgan fingerprint density at radius 2 is 1.49 bits per heavy atom. The average Bonchev–Trinajstić information content (AvgIpc) is 2.88. The minimum absolute atomic E-state index is 0.0930. The molecule has 0 aliphatic heterocycles. The molecule has 0 atom stereocenters. The van der Waals surface area contributed by atoms with Crippen LogP contribution in [0.25, 0.3) is 6.08 Å². The van der Waals surface area contributed by atoms with Gasteiger partial charge < -0.3 is 4.74 Å². The van der Waals surface area contributed by atoms with Crippen LogP contribution in [-0.4, -0.2) is 5.78 Å². The quantitative estimate of drug-likeness (QED) is 0.156. The number of halogens is 3. The first-order valence-corrected chi connectivity index (χ1v) is 13.0. The summed E-state index contributed by atoms with van der Waals surface area (Å²) in [5, 5.41) is 1.56. The normalized spacial score (nSPS) is 11.3. The molecule has 4 aromatic rings. The third-order valence-corrected chi connectivity index (χ3v) is 7.23. The van der Waals surface area contributed by atoms with Crippen LogP contribution in [0.15, 0.2) is 102 Å². The van der Waals surface area contributed by atoms with Gasteiger partial charge in [0.15, 0.2) is 5.78 Å². The summed E-state index contributed by atoms with van der Waals surface area (Å²) in [7, 11) is 0. The molecule has 4 rings (SSSR count). The summed E-state index contributed by atoms with van der Waals surface area (Å²) in [6, 6.07) is 30.0. The third kappa shape index (κ3) is 7.16. The minimum Gasteiger partial charge on any atom is -0.488 e. The molecule has 0 radical (unpaired) electrons. The van der Waals surface area contributed by atoms with E-state index in [-0.39, 0.29) is 5.78 Å². The van der Waals surface area contributed by atoms with E-state index in [9.17, 15) is 4.79 Å². The van der Waals surface area contributed by atoms with Crippen LogP contribution < -0.4 is 4.74 Å². The van der Waals surface area contributed by atoms with E-state index in [2.05, 4.69) is 0 Å². The number of hydrogen-bond acceptors (Lipinski definition) is 3. The van der Waals surface area contributed by atoms with Crippen molar-refractivity contribution in [1.82, 2.24) is 0 Å². The van der Waals surface area contributed by atoms with E-state index in [0.29, 0.717) is 43.6 Å². The molecule has 0 N–H and O–H groups in total. The molecule has 0 saturated heterocycles. The second-order valence-corrected chi connectivity index (χ2v) is 9.96. The van der Waals surface area contributed by atoms with E-state index in [0.717, 1.165) is 16.7 Å². The maximum atomic E-state index is 13.5. The van der Waals surface area contributed by atoms with Crippen molar-refractivity contribution in [1.29, 1.82) is 0 Å². The molecule has 2 nitrogen and oxygen atoms in total. The lowest BCUT2D eigenvalue weighted by atomic mass is 10.1. The Morgan fingerprint density at radius 1 is 0.771 bits per heavy atom. The van der Waals surface area contributed by atoms with Crippen molar-refractivity contribution in [3.63, 3.8) is 0 Å². The fourth-order valence-electron chi connectivity index (χ4n) is 3.31. The summed E-state index contributed by atoms with van der Waals surface area (Å²) in [4.78, 5) is 14.1. The van der Waals surface area contributed by atoms with E-state index >= 15 is 0 Å². The molecule has 35 heavy (non-hydrogen) atoms. The number of carbonyl (C=O) groups is 1. The molecule has 0 spiro atoms. The Bertz CT molecular complexity index is 1340. The standard InChI is InChI=1S/C29H21Cl3O2S/c30-24-13-11-22(12-14-24)29(33)28(35-19-21-10-15-25(31)26(32)16-21)17-23-8-4-5-9-27(23)34-18-20-6-2-1-3-7-20/h1-17H,18-19H2/b28-17+. The number of hydrogen-bond donors (Lipinski definition) is 0. The van der Waals surface area contributed by atoms with E-state index < -0.39 is 0 Å². The Morgan fingerprint density at radius 3 is 2.23 bits per heavy atom. The molecule has 0 aromatic heterocycles. The van der Waals surface area contributed by atoms with Crippen LogP contribution >= 0.6 is 46.6 Å². The predicted molar refractivity (Wildman–Crippen MR) is 149 cm³/mol. The number of para-hydroxylation sites is 1. The summed E-state index contributed by atoms with van der Waals surface area (Å²) in [6.45, 7) is 0.433. The summed E-state index contributed by atoms with van der Waals surface area (Å²) < 4.78 is 6.10. The fourth-order valence-corrected chi connectivity index (χ4v) is 4.72. The van der Waals surface area contributed by atoms with Gasteiger partial charge in [0.25, 0.3) is 0 Å². The van der Waals surface area contributed by atoms with Gasteiger partial charge in [-0.15, -0.1) is 11.8 Å². The van der Waals surface area contributed by atoms with Crippen molar-refractivity contribution in [2.24, 2.45) is 0 Å². The molecule has 0 aliphatic carbocycles. The summed E-state index contributed by atoms with van der Waals surface area (Å²) in [5.41, 5.74) is 3.41. The van der Waals surface area contributed by atoms with Crippen LogP contribution in [0.4, 0.5) is 0 Å². The largest absolute Gasteiger partial charge is 0.488 e. The highest BCUT2D eigenvalue weighted by atomic mass is 35.5. The van der Waals surface area contributed by atoms with Gasteiger partial charge in [0.2, 0.25) is 0 Å². The molecule has 4 aromatic carbocycles. The van der Waals surface area contributed by atoms with Crippen LogP contribution in [0.2, 0.25) is 15.1 Å². The zero-order chi connectivity index (χ0) is 24.6. The van der Waals surface area contributed by atoms with Crippen molar-refractivity contribution in [3.8, 4) is 5.75 Å². The van der Waals surface area contributed by atoms with Crippen molar-refractivity contribution >= 4 is 58.4 Å². The van der Waals surface area contributed by atoms with E-state index in [1.165, 1.54) is 11.8 Å². The smallest absolute Gasteiger partial charge is 0.199 e. The van der Waals surface area contributed by atoms with Gasteiger partial charge >= 0.3 is 0 Å². The van der Waals surface area contributed by atoms with Gasteiger partial charge in [-0.05, 0) is 59.7 Å². The molecular formula is C29H21Cl3O2S. The van der Waals surface area contributed by atoms with Crippen LogP contribution in [0.5, 0.6) is 5.75 Å². The molecule has 6 heteroatoms. The van der Waals surface area contributed by atoms with Gasteiger partial charge in [-0.2, -0.15) is 0 Å². The highest BCUT2D eigenvalue weighted by molar-refractivity contribution is 8.03. The highest BCUT2D eigenvalue weighted by Gasteiger charge is 2.15. The van der Waals surface area contributed by atoms with Gasteiger partial charge in [-0.25, -0.2) is 0 Å². The van der Waals surface area contributed by atoms with E-state index in [1.54, 1.807) is 30.3 Å². The Kier molecular flexibility index (Phi) is 8.95. The molecule has 0 saturated carbocycles. The highest BCUT2D eigenvalue weighted by Crippen LogP contribution is 2.32. The first-order chi connectivity index (χ1) is 17.0. The molecule has 0 unspecified atom stereocenters. The van der Waals surface area contributed by atoms with Crippen LogP contribution in [-0.2, 0) is 12.4 Å². The zero-order valence-electron chi connectivity index (χ0n) is 18.6. The summed E-state index contributed by atoms with van der Waals surface area (Å²) >= 11 is 19.7. The molecule has 0 amide bonds. The second-order valence-electron chi connectivity index (χ2n) is 7.69. The lowest BCUT2D eigenvalue weighted by Crippen LogP contribution is -2.02. The number of carbonyl (C=O) groups excluding carboxylic acids is 1. The molecule has 176 valence electrons. The number of ketones is 1. The molecule has 0 fully saturated rings. The topological polar surface area (TPSA) is 26.3 Å². The van der Waals surface area contributed by atoms with E-state index in [4.69, 9.17) is 39.5 Å². The van der Waals surface area contributed by atoms with Gasteiger partial charge in [0, 0.05) is 21.9 Å². The lowest BCUT2D eigenvalue weighted by molar-refractivity contribution is 0.104. The van der Waals surface area contributed by atoms with Crippen molar-refractivity contribution in [2.45, 2.75) is 12.4 Å². The molecule has 0 heterocycles. The summed E-state index contributed by atoms with van der Waals surface area (Å²) in [6.07, 6.45) is 1.87. The van der Waals surface area contributed by atoms with Gasteiger partial charge in [0.05, 0.1) is 15.0 Å².